The number of carboxylic acid groups (broad SMARTS) is 1. The van der Waals surface area contributed by atoms with Gasteiger partial charge < -0.3 is 19.9 Å². The van der Waals surface area contributed by atoms with Crippen molar-refractivity contribution in [1.82, 2.24) is 5.32 Å². The van der Waals surface area contributed by atoms with Gasteiger partial charge in [-0.05, 0) is 26.7 Å². The molecule has 2 atom stereocenters. The molecule has 6 heteroatoms. The zero-order valence-electron chi connectivity index (χ0n) is 12.3. The van der Waals surface area contributed by atoms with Crippen molar-refractivity contribution in [3.05, 3.63) is 0 Å². The number of amides is 1. The van der Waals surface area contributed by atoms with Crippen LogP contribution in [0.1, 0.15) is 39.5 Å². The Hall–Kier alpha value is -1.14. The molecule has 1 aliphatic carbocycles. The van der Waals surface area contributed by atoms with Gasteiger partial charge in [0.2, 0.25) is 5.91 Å². The minimum atomic E-state index is -0.879. The van der Waals surface area contributed by atoms with E-state index in [9.17, 15) is 14.7 Å². The fourth-order valence-electron chi connectivity index (χ4n) is 2.59. The fraction of sp³-hybridized carbons (Fsp3) is 0.857. The van der Waals surface area contributed by atoms with E-state index in [-0.39, 0.29) is 12.5 Å². The maximum absolute atomic E-state index is 12.1. The summed E-state index contributed by atoms with van der Waals surface area (Å²) in [5.74, 6) is -2.09. The number of rotatable bonds is 8. The van der Waals surface area contributed by atoms with Crippen LogP contribution in [0.2, 0.25) is 0 Å². The Morgan fingerprint density at radius 3 is 2.20 bits per heavy atom. The van der Waals surface area contributed by atoms with Crippen LogP contribution < -0.4 is 5.32 Å². The zero-order valence-corrected chi connectivity index (χ0v) is 12.3. The molecule has 0 aromatic heterocycles. The largest absolute Gasteiger partial charge is 0.481 e. The Kier molecular flexibility index (Phi) is 7.54. The lowest BCUT2D eigenvalue weighted by Crippen LogP contribution is -2.43. The summed E-state index contributed by atoms with van der Waals surface area (Å²) in [5.41, 5.74) is 0. The summed E-state index contributed by atoms with van der Waals surface area (Å²) >= 11 is 0. The van der Waals surface area contributed by atoms with Crippen LogP contribution in [0.3, 0.4) is 0 Å². The second-order valence-corrected chi connectivity index (χ2v) is 4.92. The van der Waals surface area contributed by atoms with Gasteiger partial charge >= 0.3 is 5.97 Å². The third-order valence-corrected chi connectivity index (χ3v) is 3.57. The number of hydrogen-bond acceptors (Lipinski definition) is 4. The molecule has 1 rings (SSSR count). The van der Waals surface area contributed by atoms with Crippen LogP contribution in [0.15, 0.2) is 0 Å². The van der Waals surface area contributed by atoms with Gasteiger partial charge in [-0.3, -0.25) is 9.59 Å². The third kappa shape index (κ3) is 5.09. The molecule has 0 radical (unpaired) electrons. The van der Waals surface area contributed by atoms with E-state index in [2.05, 4.69) is 5.32 Å². The van der Waals surface area contributed by atoms with E-state index in [1.807, 2.05) is 13.8 Å². The summed E-state index contributed by atoms with van der Waals surface area (Å²) in [6, 6.07) is 0. The smallest absolute Gasteiger partial charge is 0.307 e. The van der Waals surface area contributed by atoms with Gasteiger partial charge in [0.15, 0.2) is 6.29 Å². The van der Waals surface area contributed by atoms with Crippen LogP contribution >= 0.6 is 0 Å². The van der Waals surface area contributed by atoms with Crippen LogP contribution in [0.4, 0.5) is 0 Å². The van der Waals surface area contributed by atoms with E-state index in [0.29, 0.717) is 26.1 Å². The van der Waals surface area contributed by atoms with Gasteiger partial charge in [-0.15, -0.1) is 0 Å². The number of aliphatic carboxylic acids is 1. The Morgan fingerprint density at radius 1 is 1.15 bits per heavy atom. The van der Waals surface area contributed by atoms with Gasteiger partial charge in [-0.2, -0.15) is 0 Å². The molecule has 1 aliphatic rings. The van der Waals surface area contributed by atoms with Gasteiger partial charge in [0.05, 0.1) is 18.4 Å². The van der Waals surface area contributed by atoms with E-state index in [0.717, 1.165) is 12.8 Å². The highest BCUT2D eigenvalue weighted by Crippen LogP contribution is 2.30. The molecule has 20 heavy (non-hydrogen) atoms. The van der Waals surface area contributed by atoms with Gasteiger partial charge in [-0.25, -0.2) is 0 Å². The average Bonchev–Trinajstić information content (AvgIpc) is 2.45. The highest BCUT2D eigenvalue weighted by atomic mass is 16.7. The lowest BCUT2D eigenvalue weighted by atomic mass is 9.79. The summed E-state index contributed by atoms with van der Waals surface area (Å²) in [5, 5.41) is 11.9. The van der Waals surface area contributed by atoms with Crippen LogP contribution in [0.5, 0.6) is 0 Å². The molecule has 0 bridgehead atoms. The van der Waals surface area contributed by atoms with Gasteiger partial charge in [-0.1, -0.05) is 12.8 Å². The molecule has 116 valence electrons. The summed E-state index contributed by atoms with van der Waals surface area (Å²) < 4.78 is 10.7. The average molecular weight is 287 g/mol. The molecule has 0 aromatic rings. The second kappa shape index (κ2) is 8.92. The molecule has 1 amide bonds. The quantitative estimate of drug-likeness (QED) is 0.659. The highest BCUT2D eigenvalue weighted by Gasteiger charge is 2.35. The van der Waals surface area contributed by atoms with Gasteiger partial charge in [0.1, 0.15) is 0 Å². The number of ether oxygens (including phenoxy) is 2. The Balaban J connectivity index is 2.48. The molecule has 0 spiro atoms. The van der Waals surface area contributed by atoms with Crippen LogP contribution in [0.25, 0.3) is 0 Å². The molecule has 2 N–H and O–H groups in total. The maximum Gasteiger partial charge on any atom is 0.307 e. The summed E-state index contributed by atoms with van der Waals surface area (Å²) in [6.45, 7) is 4.97. The number of carboxylic acids is 1. The van der Waals surface area contributed by atoms with Crippen molar-refractivity contribution in [2.45, 2.75) is 45.8 Å². The number of carbonyl (C=O) groups excluding carboxylic acids is 1. The van der Waals surface area contributed by atoms with Crippen molar-refractivity contribution in [2.24, 2.45) is 11.8 Å². The van der Waals surface area contributed by atoms with E-state index in [1.54, 1.807) is 0 Å². The van der Waals surface area contributed by atoms with Crippen molar-refractivity contribution >= 4 is 11.9 Å². The topological polar surface area (TPSA) is 84.9 Å². The van der Waals surface area contributed by atoms with Crippen molar-refractivity contribution in [3.8, 4) is 0 Å². The van der Waals surface area contributed by atoms with Gasteiger partial charge in [0.25, 0.3) is 0 Å². The molecular weight excluding hydrogens is 262 g/mol. The summed E-state index contributed by atoms with van der Waals surface area (Å²) in [4.78, 5) is 23.3. The van der Waals surface area contributed by atoms with Gasteiger partial charge in [0, 0.05) is 13.2 Å². The first-order valence-corrected chi connectivity index (χ1v) is 7.33. The normalized spacial score (nSPS) is 22.8. The molecule has 1 fully saturated rings. The van der Waals surface area contributed by atoms with Crippen molar-refractivity contribution in [2.75, 3.05) is 19.8 Å². The number of hydrogen-bond donors (Lipinski definition) is 2. The second-order valence-electron chi connectivity index (χ2n) is 4.92. The molecule has 0 aliphatic heterocycles. The Bertz CT molecular complexity index is 315. The van der Waals surface area contributed by atoms with Crippen LogP contribution in [-0.2, 0) is 19.1 Å². The third-order valence-electron chi connectivity index (χ3n) is 3.57. The predicted molar refractivity (Wildman–Crippen MR) is 73.1 cm³/mol. The lowest BCUT2D eigenvalue weighted by Gasteiger charge is -2.28. The van der Waals surface area contributed by atoms with Crippen molar-refractivity contribution in [1.29, 1.82) is 0 Å². The molecule has 0 saturated heterocycles. The summed E-state index contributed by atoms with van der Waals surface area (Å²) in [6.07, 6.45) is 2.52. The summed E-state index contributed by atoms with van der Waals surface area (Å²) in [7, 11) is 0. The standard InChI is InChI=1S/C14H25NO5/c1-3-19-12(20-4-2)9-15-13(16)10-7-5-6-8-11(10)14(17)18/h10-12H,3-9H2,1-2H3,(H,15,16)(H,17,18)/t10-,11-/m1/s1. The van der Waals surface area contributed by atoms with E-state index >= 15 is 0 Å². The highest BCUT2D eigenvalue weighted by molar-refractivity contribution is 5.84. The Labute approximate surface area is 119 Å². The minimum Gasteiger partial charge on any atom is -0.481 e. The molecule has 6 nitrogen and oxygen atoms in total. The molecule has 0 unspecified atom stereocenters. The molecule has 0 aromatic carbocycles. The van der Waals surface area contributed by atoms with Crippen molar-refractivity contribution in [3.63, 3.8) is 0 Å². The SMILES string of the molecule is CCOC(CNC(=O)[C@@H]1CCCC[C@H]1C(=O)O)OCC. The number of nitrogens with one attached hydrogen (secondary N) is 1. The lowest BCUT2D eigenvalue weighted by molar-refractivity contribution is -0.151. The first-order chi connectivity index (χ1) is 9.60. The van der Waals surface area contributed by atoms with E-state index in [1.165, 1.54) is 0 Å². The molecule has 0 heterocycles. The predicted octanol–water partition coefficient (Wildman–Crippen LogP) is 1.39. The first-order valence-electron chi connectivity index (χ1n) is 7.33. The van der Waals surface area contributed by atoms with E-state index in [4.69, 9.17) is 9.47 Å². The van der Waals surface area contributed by atoms with E-state index < -0.39 is 24.1 Å². The van der Waals surface area contributed by atoms with Crippen LogP contribution in [-0.4, -0.2) is 43.0 Å². The fourth-order valence-corrected chi connectivity index (χ4v) is 2.59. The molecular formula is C14H25NO5. The zero-order chi connectivity index (χ0) is 15.0. The maximum atomic E-state index is 12.1. The number of carbonyl (C=O) groups is 2. The monoisotopic (exact) mass is 287 g/mol. The minimum absolute atomic E-state index is 0.207. The van der Waals surface area contributed by atoms with Crippen LogP contribution in [0, 0.1) is 11.8 Å². The van der Waals surface area contributed by atoms with Crippen molar-refractivity contribution < 1.29 is 24.2 Å². The molecule has 1 saturated carbocycles. The Morgan fingerprint density at radius 2 is 1.70 bits per heavy atom. The first kappa shape index (κ1) is 16.9.